The second-order valence-electron chi connectivity index (χ2n) is 4.21. The minimum Gasteiger partial charge on any atom is -0.484 e. The van der Waals surface area contributed by atoms with Gasteiger partial charge in [0.1, 0.15) is 11.9 Å². The number of rotatable bonds is 4. The molecule has 2 N–H and O–H groups in total. The molecule has 0 heterocycles. The van der Waals surface area contributed by atoms with Crippen molar-refractivity contribution in [3.8, 4) is 5.75 Å². The zero-order valence-corrected chi connectivity index (χ0v) is 12.4. The Hall–Kier alpha value is -1.07. The highest BCUT2D eigenvalue weighted by Crippen LogP contribution is 2.23. The minimum absolute atomic E-state index is 0.0937. The van der Waals surface area contributed by atoms with E-state index in [9.17, 15) is 0 Å². The zero-order chi connectivity index (χ0) is 13.0. The molecule has 1 unspecified atom stereocenters. The molecule has 0 saturated carbocycles. The van der Waals surface area contributed by atoms with Crippen molar-refractivity contribution in [3.63, 3.8) is 0 Å². The second kappa shape index (κ2) is 6.20. The van der Waals surface area contributed by atoms with Crippen molar-refractivity contribution in [3.05, 3.63) is 63.2 Å². The molecule has 2 aromatic carbocycles. The summed E-state index contributed by atoms with van der Waals surface area (Å²) in [5.74, 6) is 0.859. The van der Waals surface area contributed by atoms with Crippen LogP contribution in [0.25, 0.3) is 0 Å². The van der Waals surface area contributed by atoms with Crippen LogP contribution in [0.15, 0.2) is 48.5 Å². The third kappa shape index (κ3) is 3.46. The van der Waals surface area contributed by atoms with Crippen molar-refractivity contribution in [1.82, 2.24) is 0 Å². The number of hydrogen-bond acceptors (Lipinski definition) is 2. The smallest absolute Gasteiger partial charge is 0.136 e. The molecule has 0 aromatic heterocycles. The molecule has 3 heteroatoms. The van der Waals surface area contributed by atoms with Gasteiger partial charge in [0.05, 0.1) is 0 Å². The fraction of sp³-hybridized carbons (Fsp3) is 0.200. The zero-order valence-electron chi connectivity index (χ0n) is 10.3. The van der Waals surface area contributed by atoms with Crippen molar-refractivity contribution in [2.24, 2.45) is 5.73 Å². The molecule has 0 aliphatic heterocycles. The summed E-state index contributed by atoms with van der Waals surface area (Å²) in [5, 5.41) is 0. The van der Waals surface area contributed by atoms with Gasteiger partial charge >= 0.3 is 0 Å². The summed E-state index contributed by atoms with van der Waals surface area (Å²) in [6, 6.07) is 16.3. The quantitative estimate of drug-likeness (QED) is 0.852. The largest absolute Gasteiger partial charge is 0.484 e. The van der Waals surface area contributed by atoms with E-state index in [1.165, 1.54) is 5.56 Å². The normalized spacial score (nSPS) is 12.2. The molecule has 0 radical (unpaired) electrons. The van der Waals surface area contributed by atoms with E-state index in [-0.39, 0.29) is 6.10 Å². The monoisotopic (exact) mass is 353 g/mol. The molecule has 0 aliphatic rings. The average molecular weight is 353 g/mol. The van der Waals surface area contributed by atoms with Crippen LogP contribution in [0.5, 0.6) is 5.75 Å². The van der Waals surface area contributed by atoms with E-state index < -0.39 is 0 Å². The highest BCUT2D eigenvalue weighted by molar-refractivity contribution is 14.1. The van der Waals surface area contributed by atoms with Crippen LogP contribution < -0.4 is 10.5 Å². The van der Waals surface area contributed by atoms with Crippen LogP contribution in [0.2, 0.25) is 0 Å². The number of aryl methyl sites for hydroxylation is 1. The average Bonchev–Trinajstić information content (AvgIpc) is 2.37. The number of halogens is 1. The molecule has 18 heavy (non-hydrogen) atoms. The summed E-state index contributed by atoms with van der Waals surface area (Å²) in [7, 11) is 0. The van der Waals surface area contributed by atoms with Crippen molar-refractivity contribution in [2.75, 3.05) is 6.54 Å². The van der Waals surface area contributed by atoms with Gasteiger partial charge in [-0.15, -0.1) is 0 Å². The molecule has 1 atom stereocenters. The molecule has 0 bridgehead atoms. The molecule has 0 saturated heterocycles. The van der Waals surface area contributed by atoms with Crippen LogP contribution in [0.3, 0.4) is 0 Å². The van der Waals surface area contributed by atoms with E-state index in [1.807, 2.05) is 24.3 Å². The highest BCUT2D eigenvalue weighted by atomic mass is 127. The van der Waals surface area contributed by atoms with Gasteiger partial charge in [0.2, 0.25) is 0 Å². The molecule has 0 spiro atoms. The minimum atomic E-state index is -0.0937. The van der Waals surface area contributed by atoms with Crippen LogP contribution in [-0.4, -0.2) is 6.54 Å². The summed E-state index contributed by atoms with van der Waals surface area (Å²) in [6.07, 6.45) is -0.0937. The fourth-order valence-electron chi connectivity index (χ4n) is 1.74. The fourth-order valence-corrected chi connectivity index (χ4v) is 2.25. The molecule has 2 nitrogen and oxygen atoms in total. The van der Waals surface area contributed by atoms with Crippen molar-refractivity contribution in [2.45, 2.75) is 13.0 Å². The number of nitrogens with two attached hydrogens (primary N) is 1. The molecule has 0 aliphatic carbocycles. The van der Waals surface area contributed by atoms with Crippen LogP contribution >= 0.6 is 22.6 Å². The second-order valence-corrected chi connectivity index (χ2v) is 5.46. The Kier molecular flexibility index (Phi) is 4.60. The van der Waals surface area contributed by atoms with E-state index in [0.717, 1.165) is 14.9 Å². The maximum Gasteiger partial charge on any atom is 0.136 e. The lowest BCUT2D eigenvalue weighted by molar-refractivity contribution is 0.214. The van der Waals surface area contributed by atoms with Gasteiger partial charge in [-0.3, -0.25) is 0 Å². The first-order valence-electron chi connectivity index (χ1n) is 5.88. The molecule has 0 fully saturated rings. The van der Waals surface area contributed by atoms with E-state index >= 15 is 0 Å². The molecule has 94 valence electrons. The third-order valence-corrected chi connectivity index (χ3v) is 3.41. The van der Waals surface area contributed by atoms with Crippen molar-refractivity contribution < 1.29 is 4.74 Å². The first-order chi connectivity index (χ1) is 8.69. The Morgan fingerprint density at radius 1 is 1.17 bits per heavy atom. The van der Waals surface area contributed by atoms with Crippen molar-refractivity contribution in [1.29, 1.82) is 0 Å². The Morgan fingerprint density at radius 3 is 2.50 bits per heavy atom. The highest BCUT2D eigenvalue weighted by Gasteiger charge is 2.11. The summed E-state index contributed by atoms with van der Waals surface area (Å²) in [4.78, 5) is 0. The van der Waals surface area contributed by atoms with Gasteiger partial charge in [-0.25, -0.2) is 0 Å². The molecular formula is C15H16INO. The van der Waals surface area contributed by atoms with E-state index in [2.05, 4.69) is 53.8 Å². The molecule has 2 aromatic rings. The molecule has 0 amide bonds. The Bertz CT molecular complexity index is 510. The lowest BCUT2D eigenvalue weighted by atomic mass is 10.1. The first kappa shape index (κ1) is 13.4. The van der Waals surface area contributed by atoms with E-state index in [0.29, 0.717) is 6.54 Å². The van der Waals surface area contributed by atoms with Crippen LogP contribution in [0.1, 0.15) is 17.2 Å². The number of ether oxygens (including phenoxy) is 1. The Balaban J connectivity index is 2.17. The van der Waals surface area contributed by atoms with Gasteiger partial charge in [0.25, 0.3) is 0 Å². The summed E-state index contributed by atoms with van der Waals surface area (Å²) >= 11 is 2.27. The van der Waals surface area contributed by atoms with Gasteiger partial charge in [-0.1, -0.05) is 35.9 Å². The van der Waals surface area contributed by atoms with Crippen molar-refractivity contribution >= 4 is 22.6 Å². The van der Waals surface area contributed by atoms with Gasteiger partial charge in [0, 0.05) is 10.1 Å². The molecule has 2 rings (SSSR count). The SMILES string of the molecule is Cc1ccc(C(CN)Oc2cccc(I)c2)cc1. The van der Waals surface area contributed by atoms with Gasteiger partial charge in [0.15, 0.2) is 0 Å². The van der Waals surface area contributed by atoms with Gasteiger partial charge in [-0.05, 0) is 53.3 Å². The first-order valence-corrected chi connectivity index (χ1v) is 6.96. The number of hydrogen-bond donors (Lipinski definition) is 1. The maximum atomic E-state index is 5.94. The van der Waals surface area contributed by atoms with Gasteiger partial charge < -0.3 is 10.5 Å². The lowest BCUT2D eigenvalue weighted by Crippen LogP contribution is -2.18. The van der Waals surface area contributed by atoms with Gasteiger partial charge in [-0.2, -0.15) is 0 Å². The maximum absolute atomic E-state index is 5.94. The summed E-state index contributed by atoms with van der Waals surface area (Å²) in [6.45, 7) is 2.54. The van der Waals surface area contributed by atoms with Crippen LogP contribution in [-0.2, 0) is 0 Å². The standard InChI is InChI=1S/C15H16INO/c1-11-5-7-12(8-6-11)15(10-17)18-14-4-2-3-13(16)9-14/h2-9,15H,10,17H2,1H3. The predicted molar refractivity (Wildman–Crippen MR) is 82.8 cm³/mol. The topological polar surface area (TPSA) is 35.2 Å². The van der Waals surface area contributed by atoms with E-state index in [1.54, 1.807) is 0 Å². The summed E-state index contributed by atoms with van der Waals surface area (Å²) < 4.78 is 7.10. The Labute approximate surface area is 121 Å². The lowest BCUT2D eigenvalue weighted by Gasteiger charge is -2.18. The predicted octanol–water partition coefficient (Wildman–Crippen LogP) is 3.68. The molecular weight excluding hydrogens is 337 g/mol. The third-order valence-electron chi connectivity index (χ3n) is 2.74. The van der Waals surface area contributed by atoms with Crippen LogP contribution in [0, 0.1) is 10.5 Å². The van der Waals surface area contributed by atoms with Crippen LogP contribution in [0.4, 0.5) is 0 Å². The number of benzene rings is 2. The summed E-state index contributed by atoms with van der Waals surface area (Å²) in [5.41, 5.74) is 8.15. The Morgan fingerprint density at radius 2 is 1.89 bits per heavy atom. The van der Waals surface area contributed by atoms with E-state index in [4.69, 9.17) is 10.5 Å².